The molecule has 7 nitrogen and oxygen atoms in total. The third kappa shape index (κ3) is 3.61. The van der Waals surface area contributed by atoms with Crippen molar-refractivity contribution in [3.05, 3.63) is 29.8 Å². The standard InChI is InChI=1S/C16H23N5O2/c1-11-8-17-20(9-11)10-14-5-4-6-21(14)13(3)16(22)18-15-7-12(2)23-19-15/h7-9,13-14H,4-6,10H2,1-3H3,(H,18,19,22)/t13-,14+/m0/s1. The van der Waals surface area contributed by atoms with Crippen molar-refractivity contribution >= 4 is 11.7 Å². The van der Waals surface area contributed by atoms with Crippen LogP contribution in [0.25, 0.3) is 0 Å². The zero-order valence-corrected chi connectivity index (χ0v) is 13.8. The Bertz CT molecular complexity index is 678. The molecule has 7 heteroatoms. The van der Waals surface area contributed by atoms with Crippen molar-refractivity contribution in [2.24, 2.45) is 0 Å². The second-order valence-corrected chi connectivity index (χ2v) is 6.26. The molecule has 3 heterocycles. The molecule has 124 valence electrons. The van der Waals surface area contributed by atoms with Crippen molar-refractivity contribution in [2.45, 2.75) is 52.2 Å². The molecule has 1 aliphatic heterocycles. The molecule has 2 aromatic heterocycles. The summed E-state index contributed by atoms with van der Waals surface area (Å²) in [5.74, 6) is 1.10. The molecule has 2 aromatic rings. The Morgan fingerprint density at radius 1 is 1.52 bits per heavy atom. The van der Waals surface area contributed by atoms with Gasteiger partial charge in [0.1, 0.15) is 5.76 Å². The third-order valence-corrected chi connectivity index (χ3v) is 4.34. The zero-order chi connectivity index (χ0) is 16.4. The number of anilines is 1. The van der Waals surface area contributed by atoms with Gasteiger partial charge in [-0.3, -0.25) is 14.4 Å². The average Bonchev–Trinajstić information content (AvgIpc) is 3.22. The van der Waals surface area contributed by atoms with E-state index >= 15 is 0 Å². The first-order valence-corrected chi connectivity index (χ1v) is 8.02. The van der Waals surface area contributed by atoms with Gasteiger partial charge >= 0.3 is 0 Å². The van der Waals surface area contributed by atoms with Crippen LogP contribution in [0.2, 0.25) is 0 Å². The molecule has 3 rings (SSSR count). The quantitative estimate of drug-likeness (QED) is 0.912. The lowest BCUT2D eigenvalue weighted by Crippen LogP contribution is -2.46. The van der Waals surface area contributed by atoms with Crippen LogP contribution < -0.4 is 5.32 Å². The van der Waals surface area contributed by atoms with E-state index in [4.69, 9.17) is 4.52 Å². The summed E-state index contributed by atoms with van der Waals surface area (Å²) in [4.78, 5) is 14.7. The molecule has 0 saturated carbocycles. The second-order valence-electron chi connectivity index (χ2n) is 6.26. The molecule has 23 heavy (non-hydrogen) atoms. The lowest BCUT2D eigenvalue weighted by Gasteiger charge is -2.29. The number of likely N-dealkylation sites (tertiary alicyclic amines) is 1. The van der Waals surface area contributed by atoms with Crippen molar-refractivity contribution < 1.29 is 9.32 Å². The number of rotatable bonds is 5. The first kappa shape index (κ1) is 15.7. The van der Waals surface area contributed by atoms with Crippen LogP contribution in [0.3, 0.4) is 0 Å². The zero-order valence-electron chi connectivity index (χ0n) is 13.8. The summed E-state index contributed by atoms with van der Waals surface area (Å²) in [5.41, 5.74) is 1.15. The van der Waals surface area contributed by atoms with Crippen LogP contribution in [0.5, 0.6) is 0 Å². The monoisotopic (exact) mass is 317 g/mol. The van der Waals surface area contributed by atoms with Gasteiger partial charge in [-0.25, -0.2) is 0 Å². The molecule has 0 aliphatic carbocycles. The highest BCUT2D eigenvalue weighted by Gasteiger charge is 2.32. The van der Waals surface area contributed by atoms with Crippen LogP contribution in [0, 0.1) is 13.8 Å². The maximum absolute atomic E-state index is 12.5. The summed E-state index contributed by atoms with van der Waals surface area (Å²) < 4.78 is 6.95. The number of nitrogens with one attached hydrogen (secondary N) is 1. The van der Waals surface area contributed by atoms with Crippen LogP contribution in [0.4, 0.5) is 5.82 Å². The Morgan fingerprint density at radius 3 is 3.00 bits per heavy atom. The Kier molecular flexibility index (Phi) is 4.47. The van der Waals surface area contributed by atoms with E-state index in [1.54, 1.807) is 13.0 Å². The average molecular weight is 317 g/mol. The lowest BCUT2D eigenvalue weighted by molar-refractivity contribution is -0.121. The largest absolute Gasteiger partial charge is 0.360 e. The molecule has 1 amide bonds. The highest BCUT2D eigenvalue weighted by atomic mass is 16.5. The first-order valence-electron chi connectivity index (χ1n) is 8.02. The number of amides is 1. The van der Waals surface area contributed by atoms with E-state index in [-0.39, 0.29) is 11.9 Å². The number of aromatic nitrogens is 3. The van der Waals surface area contributed by atoms with E-state index in [9.17, 15) is 4.79 Å². The van der Waals surface area contributed by atoms with E-state index in [1.807, 2.05) is 30.9 Å². The minimum absolute atomic E-state index is 0.0538. The fourth-order valence-corrected chi connectivity index (χ4v) is 3.15. The predicted octanol–water partition coefficient (Wildman–Crippen LogP) is 1.98. The maximum atomic E-state index is 12.5. The van der Waals surface area contributed by atoms with E-state index in [1.165, 1.54) is 0 Å². The van der Waals surface area contributed by atoms with Crippen LogP contribution in [-0.2, 0) is 11.3 Å². The fraction of sp³-hybridized carbons (Fsp3) is 0.562. The van der Waals surface area contributed by atoms with Crippen molar-refractivity contribution in [3.8, 4) is 0 Å². The molecule has 2 atom stereocenters. The number of aryl methyl sites for hydroxylation is 2. The van der Waals surface area contributed by atoms with Crippen LogP contribution in [-0.4, -0.2) is 44.4 Å². The van der Waals surface area contributed by atoms with Gasteiger partial charge in [0, 0.05) is 18.3 Å². The number of hydrogen-bond acceptors (Lipinski definition) is 5. The summed E-state index contributed by atoms with van der Waals surface area (Å²) in [6.45, 7) is 7.52. The summed E-state index contributed by atoms with van der Waals surface area (Å²) in [7, 11) is 0. The van der Waals surface area contributed by atoms with Gasteiger partial charge in [0.2, 0.25) is 5.91 Å². The smallest absolute Gasteiger partial charge is 0.242 e. The molecule has 0 bridgehead atoms. The van der Waals surface area contributed by atoms with Gasteiger partial charge in [-0.1, -0.05) is 5.16 Å². The van der Waals surface area contributed by atoms with Crippen LogP contribution in [0.1, 0.15) is 31.1 Å². The summed E-state index contributed by atoms with van der Waals surface area (Å²) >= 11 is 0. The minimum atomic E-state index is -0.212. The maximum Gasteiger partial charge on any atom is 0.242 e. The molecule has 0 radical (unpaired) electrons. The van der Waals surface area contributed by atoms with Gasteiger partial charge in [0.25, 0.3) is 0 Å². The molecule has 1 saturated heterocycles. The van der Waals surface area contributed by atoms with Gasteiger partial charge in [-0.2, -0.15) is 5.10 Å². The third-order valence-electron chi connectivity index (χ3n) is 4.34. The molecule has 1 fully saturated rings. The first-order chi connectivity index (χ1) is 11.0. The molecule has 0 aromatic carbocycles. The lowest BCUT2D eigenvalue weighted by atomic mass is 10.2. The van der Waals surface area contributed by atoms with Gasteiger partial charge < -0.3 is 9.84 Å². The van der Waals surface area contributed by atoms with Crippen molar-refractivity contribution in [2.75, 3.05) is 11.9 Å². The minimum Gasteiger partial charge on any atom is -0.360 e. The number of carbonyl (C=O) groups excluding carboxylic acids is 1. The van der Waals surface area contributed by atoms with Gasteiger partial charge in [-0.15, -0.1) is 0 Å². The Morgan fingerprint density at radius 2 is 2.35 bits per heavy atom. The Hall–Kier alpha value is -2.15. The molecular formula is C16H23N5O2. The van der Waals surface area contributed by atoms with E-state index in [0.717, 1.165) is 31.5 Å². The Balaban J connectivity index is 1.62. The van der Waals surface area contributed by atoms with Crippen LogP contribution >= 0.6 is 0 Å². The van der Waals surface area contributed by atoms with E-state index in [2.05, 4.69) is 20.5 Å². The van der Waals surface area contributed by atoms with Crippen molar-refractivity contribution in [1.82, 2.24) is 19.8 Å². The topological polar surface area (TPSA) is 76.2 Å². The van der Waals surface area contributed by atoms with Gasteiger partial charge in [-0.05, 0) is 45.7 Å². The second kappa shape index (κ2) is 6.54. The summed E-state index contributed by atoms with van der Waals surface area (Å²) in [6.07, 6.45) is 6.09. The predicted molar refractivity (Wildman–Crippen MR) is 86.0 cm³/mol. The molecule has 1 aliphatic rings. The fourth-order valence-electron chi connectivity index (χ4n) is 3.15. The highest BCUT2D eigenvalue weighted by molar-refractivity contribution is 5.93. The number of carbonyl (C=O) groups is 1. The van der Waals surface area contributed by atoms with Crippen molar-refractivity contribution in [1.29, 1.82) is 0 Å². The van der Waals surface area contributed by atoms with E-state index < -0.39 is 0 Å². The summed E-state index contributed by atoms with van der Waals surface area (Å²) in [6, 6.07) is 1.84. The van der Waals surface area contributed by atoms with Crippen molar-refractivity contribution in [3.63, 3.8) is 0 Å². The van der Waals surface area contributed by atoms with E-state index in [0.29, 0.717) is 17.6 Å². The van der Waals surface area contributed by atoms with Gasteiger partial charge in [0.05, 0.1) is 18.8 Å². The molecule has 0 unspecified atom stereocenters. The SMILES string of the molecule is Cc1cnn(C[C@H]2CCCN2[C@@H](C)C(=O)Nc2cc(C)on2)c1. The number of nitrogens with zero attached hydrogens (tertiary/aromatic N) is 4. The molecular weight excluding hydrogens is 294 g/mol. The van der Waals surface area contributed by atoms with Gasteiger partial charge in [0.15, 0.2) is 5.82 Å². The molecule has 1 N–H and O–H groups in total. The molecule has 0 spiro atoms. The van der Waals surface area contributed by atoms with Crippen LogP contribution in [0.15, 0.2) is 23.0 Å². The highest BCUT2D eigenvalue weighted by Crippen LogP contribution is 2.22. The number of hydrogen-bond donors (Lipinski definition) is 1. The normalized spacial score (nSPS) is 19.9. The Labute approximate surface area is 135 Å². The summed E-state index contributed by atoms with van der Waals surface area (Å²) in [5, 5.41) is 11.0.